The van der Waals surface area contributed by atoms with Gasteiger partial charge in [0, 0.05) is 30.9 Å². The Morgan fingerprint density at radius 3 is 2.54 bits per heavy atom. The third-order valence-corrected chi connectivity index (χ3v) is 11.2. The van der Waals surface area contributed by atoms with Crippen LogP contribution in [0.3, 0.4) is 0 Å². The number of anilines is 1. The van der Waals surface area contributed by atoms with Gasteiger partial charge in [0.1, 0.15) is 34.2 Å². The Kier molecular flexibility index (Phi) is 8.33. The molecule has 4 aromatic rings. The summed E-state index contributed by atoms with van der Waals surface area (Å²) in [7, 11) is -2.82. The van der Waals surface area contributed by atoms with Crippen molar-refractivity contribution in [2.75, 3.05) is 31.1 Å². The molecule has 3 atom stereocenters. The van der Waals surface area contributed by atoms with Crippen LogP contribution < -0.4 is 9.64 Å². The number of carbonyl (C=O) groups excluding carboxylic acids is 1. The van der Waals surface area contributed by atoms with E-state index in [9.17, 15) is 13.2 Å². The molecule has 0 N–H and O–H groups in total. The van der Waals surface area contributed by atoms with Gasteiger partial charge in [-0.15, -0.1) is 6.42 Å². The lowest BCUT2D eigenvalue weighted by molar-refractivity contribution is -0.133. The van der Waals surface area contributed by atoms with Crippen LogP contribution in [0.25, 0.3) is 32.9 Å². The first-order valence-electron chi connectivity index (χ1n) is 16.6. The highest BCUT2D eigenvalue weighted by Crippen LogP contribution is 2.55. The fraction of sp³-hybridized carbons (Fsp3) is 0.444. The zero-order valence-electron chi connectivity index (χ0n) is 29.0. The molecule has 16 heteroatoms. The maximum absolute atomic E-state index is 17.5. The molecule has 0 radical (unpaired) electrons. The number of amides is 1. The standard InChI is InChI=1S/C36H35F4N5O6S/c1-7-21-23(37)10-9-19-15-20(50-18-49-6)16-22(26(19)21)29-28(38)30-27-24(41-29)11-12-25-36(40)14-13-35(39,45(36)33(46)51-34(3,4)5)17-44(25)31(27)43-32(42-30)52(47,48)8-2/h1,9-10,15-16,25H,8,11-14,17-18H2,2-6H3/t25-,35-,36+/m1/s1. The molecule has 0 spiro atoms. The molecule has 1 amide bonds. The molecule has 7 rings (SSSR count). The van der Waals surface area contributed by atoms with Crippen molar-refractivity contribution < 1.29 is 45.0 Å². The average Bonchev–Trinajstić information content (AvgIpc) is 3.18. The van der Waals surface area contributed by atoms with Crippen molar-refractivity contribution in [3.05, 3.63) is 47.2 Å². The molecule has 2 aromatic carbocycles. The van der Waals surface area contributed by atoms with E-state index in [1.165, 1.54) is 31.1 Å². The van der Waals surface area contributed by atoms with Crippen LogP contribution in [0.5, 0.6) is 5.75 Å². The van der Waals surface area contributed by atoms with Gasteiger partial charge in [-0.25, -0.2) is 50.6 Å². The molecule has 2 bridgehead atoms. The van der Waals surface area contributed by atoms with E-state index >= 15 is 17.6 Å². The Hall–Kier alpha value is -4.75. The maximum atomic E-state index is 17.5. The highest BCUT2D eigenvalue weighted by Gasteiger charge is 2.69. The number of sulfone groups is 1. The van der Waals surface area contributed by atoms with E-state index in [2.05, 4.69) is 20.9 Å². The third kappa shape index (κ3) is 5.47. The lowest BCUT2D eigenvalue weighted by Gasteiger charge is -2.52. The van der Waals surface area contributed by atoms with Crippen LogP contribution >= 0.6 is 0 Å². The molecule has 52 heavy (non-hydrogen) atoms. The van der Waals surface area contributed by atoms with Gasteiger partial charge in [0.25, 0.3) is 0 Å². The van der Waals surface area contributed by atoms with Crippen LogP contribution in [-0.4, -0.2) is 83.8 Å². The topological polar surface area (TPSA) is 124 Å². The highest BCUT2D eigenvalue weighted by molar-refractivity contribution is 7.91. The number of aryl methyl sites for hydroxylation is 1. The number of hydrogen-bond donors (Lipinski definition) is 0. The molecule has 0 aliphatic carbocycles. The number of halogens is 4. The summed E-state index contributed by atoms with van der Waals surface area (Å²) < 4.78 is 109. The molecule has 274 valence electrons. The molecule has 2 saturated heterocycles. The summed E-state index contributed by atoms with van der Waals surface area (Å²) in [5.74, 6) is -5.24. The van der Waals surface area contributed by atoms with E-state index < -0.39 is 73.8 Å². The normalized spacial score (nSPS) is 22.7. The summed E-state index contributed by atoms with van der Waals surface area (Å²) in [6.07, 6.45) is 3.67. The Bertz CT molecular complexity index is 2330. The summed E-state index contributed by atoms with van der Waals surface area (Å²) in [6.45, 7) is 5.29. The van der Waals surface area contributed by atoms with Crippen LogP contribution in [0.1, 0.15) is 58.2 Å². The second-order valence-corrected chi connectivity index (χ2v) is 16.3. The molecular weight excluding hydrogens is 706 g/mol. The van der Waals surface area contributed by atoms with E-state index in [1.54, 1.807) is 26.8 Å². The fourth-order valence-electron chi connectivity index (χ4n) is 7.49. The molecule has 3 aliphatic rings. The second kappa shape index (κ2) is 12.2. The Morgan fingerprint density at radius 2 is 1.87 bits per heavy atom. The number of hydrogen-bond acceptors (Lipinski definition) is 10. The number of alkyl halides is 2. The van der Waals surface area contributed by atoms with Crippen LogP contribution in [0.15, 0.2) is 29.4 Å². The summed E-state index contributed by atoms with van der Waals surface area (Å²) in [5.41, 5.74) is -1.93. The summed E-state index contributed by atoms with van der Waals surface area (Å²) in [5, 5.41) is -0.305. The summed E-state index contributed by atoms with van der Waals surface area (Å²) >= 11 is 0. The first-order chi connectivity index (χ1) is 24.5. The minimum absolute atomic E-state index is 0.00793. The van der Waals surface area contributed by atoms with Gasteiger partial charge in [-0.2, -0.15) is 0 Å². The number of ether oxygens (including phenoxy) is 3. The van der Waals surface area contributed by atoms with Crippen LogP contribution in [-0.2, 0) is 25.7 Å². The zero-order chi connectivity index (χ0) is 37.5. The lowest BCUT2D eigenvalue weighted by Crippen LogP contribution is -2.71. The molecular formula is C36H35F4N5O6S. The summed E-state index contributed by atoms with van der Waals surface area (Å²) in [6, 6.07) is 4.30. The molecule has 2 aromatic heterocycles. The number of piperazine rings is 1. The van der Waals surface area contributed by atoms with Crippen molar-refractivity contribution in [2.45, 2.75) is 81.8 Å². The molecule has 0 unspecified atom stereocenters. The number of rotatable bonds is 6. The van der Waals surface area contributed by atoms with Gasteiger partial charge >= 0.3 is 6.09 Å². The monoisotopic (exact) mass is 741 g/mol. The number of fused-ring (bicyclic) bond motifs is 6. The van der Waals surface area contributed by atoms with Crippen molar-refractivity contribution >= 4 is 43.4 Å². The molecule has 3 aliphatic heterocycles. The minimum atomic E-state index is -4.23. The van der Waals surface area contributed by atoms with Gasteiger partial charge in [-0.3, -0.25) is 0 Å². The predicted octanol–water partition coefficient (Wildman–Crippen LogP) is 6.38. The van der Waals surface area contributed by atoms with E-state index in [0.29, 0.717) is 10.3 Å². The van der Waals surface area contributed by atoms with Gasteiger partial charge < -0.3 is 19.1 Å². The van der Waals surface area contributed by atoms with Crippen molar-refractivity contribution in [1.82, 2.24) is 19.9 Å². The van der Waals surface area contributed by atoms with Crippen LogP contribution in [0.2, 0.25) is 0 Å². The second-order valence-electron chi connectivity index (χ2n) is 14.1. The molecule has 2 fully saturated rings. The van der Waals surface area contributed by atoms with Gasteiger partial charge in [-0.05, 0) is 57.2 Å². The number of terminal acetylenes is 1. The van der Waals surface area contributed by atoms with Crippen LogP contribution in [0.4, 0.5) is 28.2 Å². The number of carbonyl (C=O) groups is 1. The van der Waals surface area contributed by atoms with Crippen molar-refractivity contribution in [2.24, 2.45) is 0 Å². The number of methoxy groups -OCH3 is 1. The predicted molar refractivity (Wildman–Crippen MR) is 183 cm³/mol. The van der Waals surface area contributed by atoms with Crippen molar-refractivity contribution in [3.63, 3.8) is 0 Å². The number of aromatic nitrogens is 3. The largest absolute Gasteiger partial charge is 0.468 e. The minimum Gasteiger partial charge on any atom is -0.468 e. The Balaban J connectivity index is 1.50. The van der Waals surface area contributed by atoms with Crippen LogP contribution in [0, 0.1) is 24.0 Å². The maximum Gasteiger partial charge on any atom is 0.415 e. The van der Waals surface area contributed by atoms with E-state index in [1.807, 2.05) is 0 Å². The number of pyridine rings is 1. The van der Waals surface area contributed by atoms with Gasteiger partial charge in [0.2, 0.25) is 26.6 Å². The smallest absolute Gasteiger partial charge is 0.415 e. The fourth-order valence-corrected chi connectivity index (χ4v) is 8.20. The van der Waals surface area contributed by atoms with Gasteiger partial charge in [0.15, 0.2) is 12.6 Å². The van der Waals surface area contributed by atoms with Gasteiger partial charge in [0.05, 0.1) is 35.0 Å². The van der Waals surface area contributed by atoms with E-state index in [0.717, 1.165) is 6.07 Å². The highest BCUT2D eigenvalue weighted by atomic mass is 32.2. The molecule has 11 nitrogen and oxygen atoms in total. The van der Waals surface area contributed by atoms with Crippen molar-refractivity contribution in [1.29, 1.82) is 0 Å². The SMILES string of the molecule is C#Cc1c(F)ccc2cc(OCOC)cc(-c3nc4c5c(nc(S(=O)(=O)CC)nc5c3F)N3C[C@@]5(F)CC[C@@](F)([C@H]3CC4)N5C(=O)OC(C)(C)C)c12. The first kappa shape index (κ1) is 35.6. The average molecular weight is 742 g/mol. The van der Waals surface area contributed by atoms with E-state index in [-0.39, 0.29) is 77.3 Å². The van der Waals surface area contributed by atoms with E-state index in [4.69, 9.17) is 20.6 Å². The Morgan fingerprint density at radius 1 is 1.12 bits per heavy atom. The number of nitrogens with zero attached hydrogens (tertiary/aromatic N) is 5. The summed E-state index contributed by atoms with van der Waals surface area (Å²) in [4.78, 5) is 28.4. The molecule has 0 saturated carbocycles. The number of benzene rings is 2. The van der Waals surface area contributed by atoms with Gasteiger partial charge in [-0.1, -0.05) is 18.9 Å². The Labute approximate surface area is 297 Å². The quantitative estimate of drug-likeness (QED) is 0.0724. The lowest BCUT2D eigenvalue weighted by atomic mass is 9.94. The first-order valence-corrected chi connectivity index (χ1v) is 18.3. The molecule has 5 heterocycles. The zero-order valence-corrected chi connectivity index (χ0v) is 29.8. The van der Waals surface area contributed by atoms with Crippen molar-refractivity contribution in [3.8, 4) is 29.4 Å². The third-order valence-electron chi connectivity index (χ3n) is 9.70.